The van der Waals surface area contributed by atoms with Gasteiger partial charge in [-0.2, -0.15) is 5.10 Å². The van der Waals surface area contributed by atoms with Crippen LogP contribution < -0.4 is 5.73 Å². The van der Waals surface area contributed by atoms with E-state index in [2.05, 4.69) is 22.1 Å². The summed E-state index contributed by atoms with van der Waals surface area (Å²) in [6.45, 7) is 6.30. The summed E-state index contributed by atoms with van der Waals surface area (Å²) >= 11 is 0. The van der Waals surface area contributed by atoms with Crippen LogP contribution in [-0.2, 0) is 11.8 Å². The van der Waals surface area contributed by atoms with Gasteiger partial charge in [-0.15, -0.1) is 0 Å². The number of piperidine rings is 1. The van der Waals surface area contributed by atoms with Gasteiger partial charge in [0.05, 0.1) is 6.20 Å². The lowest BCUT2D eigenvalue weighted by Gasteiger charge is -2.41. The highest BCUT2D eigenvalue weighted by molar-refractivity contribution is 5.37. The first kappa shape index (κ1) is 12.6. The molecule has 0 radical (unpaired) electrons. The zero-order chi connectivity index (χ0) is 12.5. The minimum atomic E-state index is 0.217. The maximum absolute atomic E-state index is 6.32. The van der Waals surface area contributed by atoms with Crippen molar-refractivity contribution in [2.24, 2.45) is 5.73 Å². The fourth-order valence-corrected chi connectivity index (χ4v) is 3.17. The third-order valence-electron chi connectivity index (χ3n) is 4.27. The summed E-state index contributed by atoms with van der Waals surface area (Å²) in [6.07, 6.45) is 5.32. The molecular formula is C13H24N4. The summed E-state index contributed by atoms with van der Waals surface area (Å²) in [5.74, 6) is 0. The summed E-state index contributed by atoms with van der Waals surface area (Å²) in [5.41, 5.74) is 9.20. The quantitative estimate of drug-likeness (QED) is 0.713. The molecule has 1 aromatic rings. The lowest BCUT2D eigenvalue weighted by Crippen LogP contribution is -2.49. The van der Waals surface area contributed by atoms with Crippen molar-refractivity contribution in [2.45, 2.75) is 44.6 Å². The lowest BCUT2D eigenvalue weighted by molar-refractivity contribution is 0.172. The molecule has 4 heteroatoms. The number of nitrogens with two attached hydrogens (primary N) is 1. The minimum absolute atomic E-state index is 0.217. The van der Waals surface area contributed by atoms with Gasteiger partial charge in [0.2, 0.25) is 0 Å². The molecule has 1 fully saturated rings. The molecular weight excluding hydrogens is 212 g/mol. The number of hydrogen-bond acceptors (Lipinski definition) is 3. The zero-order valence-corrected chi connectivity index (χ0v) is 11.2. The number of nitrogens with one attached hydrogen (secondary N) is 1. The zero-order valence-electron chi connectivity index (χ0n) is 11.2. The van der Waals surface area contributed by atoms with Gasteiger partial charge in [0.25, 0.3) is 0 Å². The number of aromatic amines is 1. The van der Waals surface area contributed by atoms with E-state index < -0.39 is 0 Å². The van der Waals surface area contributed by atoms with Crippen LogP contribution in [0.15, 0.2) is 6.20 Å². The first-order chi connectivity index (χ1) is 8.22. The number of aromatic nitrogens is 2. The largest absolute Gasteiger partial charge is 0.327 e. The summed E-state index contributed by atoms with van der Waals surface area (Å²) < 4.78 is 0. The average molecular weight is 236 g/mol. The van der Waals surface area contributed by atoms with E-state index in [4.69, 9.17) is 5.73 Å². The van der Waals surface area contributed by atoms with E-state index in [-0.39, 0.29) is 11.5 Å². The minimum Gasteiger partial charge on any atom is -0.327 e. The first-order valence-electron chi connectivity index (χ1n) is 6.69. The number of fused-ring (bicyclic) bond motifs is 2. The van der Waals surface area contributed by atoms with Crippen molar-refractivity contribution in [1.82, 2.24) is 15.1 Å². The van der Waals surface area contributed by atoms with Crippen LogP contribution in [0.2, 0.25) is 0 Å². The highest BCUT2D eigenvalue weighted by Crippen LogP contribution is 2.44. The van der Waals surface area contributed by atoms with E-state index >= 15 is 0 Å². The van der Waals surface area contributed by atoms with Gasteiger partial charge in [-0.1, -0.05) is 13.8 Å². The van der Waals surface area contributed by atoms with Gasteiger partial charge in [0.15, 0.2) is 0 Å². The molecule has 1 unspecified atom stereocenters. The highest BCUT2D eigenvalue weighted by Gasteiger charge is 2.47. The third kappa shape index (κ3) is 1.89. The van der Waals surface area contributed by atoms with Crippen molar-refractivity contribution in [3.05, 3.63) is 17.5 Å². The molecule has 0 aromatic carbocycles. The normalized spacial score (nSPS) is 26.5. The molecule has 2 aliphatic rings. The molecule has 1 aliphatic carbocycles. The maximum atomic E-state index is 6.32. The summed E-state index contributed by atoms with van der Waals surface area (Å²) in [5, 5.41) is 7.24. The topological polar surface area (TPSA) is 57.9 Å². The second-order valence-electron chi connectivity index (χ2n) is 5.03. The molecule has 1 aromatic heterocycles. The summed E-state index contributed by atoms with van der Waals surface area (Å²) in [6, 6.07) is 0.287. The van der Waals surface area contributed by atoms with E-state index in [1.54, 1.807) is 0 Å². The van der Waals surface area contributed by atoms with Gasteiger partial charge in [-0.25, -0.2) is 0 Å². The SMILES string of the molecule is CC.CN1CCC2(CC1)c1cn[nH]c1CC2N. The van der Waals surface area contributed by atoms with Crippen LogP contribution in [0.4, 0.5) is 0 Å². The Morgan fingerprint density at radius 3 is 2.71 bits per heavy atom. The van der Waals surface area contributed by atoms with Gasteiger partial charge in [-0.05, 0) is 33.0 Å². The van der Waals surface area contributed by atoms with Gasteiger partial charge < -0.3 is 10.6 Å². The number of hydrogen-bond donors (Lipinski definition) is 2. The maximum Gasteiger partial charge on any atom is 0.0528 e. The first-order valence-corrected chi connectivity index (χ1v) is 6.69. The van der Waals surface area contributed by atoms with Crippen molar-refractivity contribution in [3.8, 4) is 0 Å². The van der Waals surface area contributed by atoms with E-state index in [0.717, 1.165) is 19.5 Å². The number of rotatable bonds is 0. The summed E-state index contributed by atoms with van der Waals surface area (Å²) in [4.78, 5) is 2.38. The number of likely N-dealkylation sites (tertiary alicyclic amines) is 1. The Balaban J connectivity index is 0.000000514. The molecule has 0 bridgehead atoms. The van der Waals surface area contributed by atoms with Crippen LogP contribution >= 0.6 is 0 Å². The fraction of sp³-hybridized carbons (Fsp3) is 0.769. The van der Waals surface area contributed by atoms with Gasteiger partial charge in [0.1, 0.15) is 0 Å². The Hall–Kier alpha value is -0.870. The molecule has 1 aliphatic heterocycles. The van der Waals surface area contributed by atoms with E-state index in [1.165, 1.54) is 24.1 Å². The summed E-state index contributed by atoms with van der Waals surface area (Å²) in [7, 11) is 2.18. The molecule has 96 valence electrons. The number of H-pyrrole nitrogens is 1. The molecule has 1 saturated heterocycles. The Morgan fingerprint density at radius 2 is 2.06 bits per heavy atom. The second kappa shape index (κ2) is 4.78. The average Bonchev–Trinajstić information content (AvgIpc) is 2.89. The second-order valence-corrected chi connectivity index (χ2v) is 5.03. The molecule has 0 amide bonds. The number of nitrogens with zero attached hydrogens (tertiary/aromatic N) is 2. The molecule has 3 rings (SSSR count). The van der Waals surface area contributed by atoms with Gasteiger partial charge in [0, 0.05) is 29.1 Å². The van der Waals surface area contributed by atoms with Crippen molar-refractivity contribution < 1.29 is 0 Å². The van der Waals surface area contributed by atoms with E-state index in [1.807, 2.05) is 20.0 Å². The monoisotopic (exact) mass is 236 g/mol. The van der Waals surface area contributed by atoms with Crippen LogP contribution in [-0.4, -0.2) is 41.3 Å². The standard InChI is InChI=1S/C11H18N4.C2H6/c1-15-4-2-11(3-5-15)8-7-13-14-9(8)6-10(11)12;1-2/h7,10H,2-6,12H2,1H3,(H,13,14);1-2H3. The molecule has 1 spiro atoms. The van der Waals surface area contributed by atoms with Crippen molar-refractivity contribution in [3.63, 3.8) is 0 Å². The van der Waals surface area contributed by atoms with Crippen LogP contribution in [0.25, 0.3) is 0 Å². The van der Waals surface area contributed by atoms with Crippen molar-refractivity contribution in [2.75, 3.05) is 20.1 Å². The van der Waals surface area contributed by atoms with E-state index in [0.29, 0.717) is 0 Å². The van der Waals surface area contributed by atoms with Crippen LogP contribution in [0.1, 0.15) is 37.9 Å². The van der Waals surface area contributed by atoms with Crippen LogP contribution in [0.3, 0.4) is 0 Å². The fourth-order valence-electron chi connectivity index (χ4n) is 3.17. The van der Waals surface area contributed by atoms with Crippen molar-refractivity contribution in [1.29, 1.82) is 0 Å². The van der Waals surface area contributed by atoms with Crippen LogP contribution in [0, 0.1) is 0 Å². The Bertz CT molecular complexity index is 363. The predicted molar refractivity (Wildman–Crippen MR) is 70.0 cm³/mol. The third-order valence-corrected chi connectivity index (χ3v) is 4.27. The molecule has 4 nitrogen and oxygen atoms in total. The molecule has 0 saturated carbocycles. The van der Waals surface area contributed by atoms with E-state index in [9.17, 15) is 0 Å². The molecule has 1 atom stereocenters. The lowest BCUT2D eigenvalue weighted by atomic mass is 9.72. The molecule has 3 N–H and O–H groups in total. The predicted octanol–water partition coefficient (Wildman–Crippen LogP) is 1.28. The molecule has 17 heavy (non-hydrogen) atoms. The van der Waals surface area contributed by atoms with Gasteiger partial charge in [-0.3, -0.25) is 5.10 Å². The Labute approximate surface area is 104 Å². The van der Waals surface area contributed by atoms with Crippen molar-refractivity contribution >= 4 is 0 Å². The Kier molecular flexibility index (Phi) is 3.54. The highest BCUT2D eigenvalue weighted by atomic mass is 15.1. The Morgan fingerprint density at radius 1 is 1.41 bits per heavy atom. The van der Waals surface area contributed by atoms with Gasteiger partial charge >= 0.3 is 0 Å². The molecule has 2 heterocycles. The van der Waals surface area contributed by atoms with Crippen LogP contribution in [0.5, 0.6) is 0 Å². The smallest absolute Gasteiger partial charge is 0.0528 e.